The molecule has 0 aliphatic rings. The number of benzene rings is 1. The van der Waals surface area contributed by atoms with E-state index in [1.165, 1.54) is 5.56 Å². The average molecular weight is 283 g/mol. The molecular formula is C15H25NO2S. The second-order valence-electron chi connectivity index (χ2n) is 4.31. The van der Waals surface area contributed by atoms with Gasteiger partial charge in [0.25, 0.3) is 0 Å². The van der Waals surface area contributed by atoms with E-state index in [0.29, 0.717) is 6.04 Å². The molecule has 0 aromatic heterocycles. The fourth-order valence-corrected chi connectivity index (χ4v) is 2.64. The van der Waals surface area contributed by atoms with E-state index < -0.39 is 0 Å². The first kappa shape index (κ1) is 16.2. The molecule has 1 N–H and O–H groups in total. The molecule has 0 saturated carbocycles. The van der Waals surface area contributed by atoms with E-state index in [9.17, 15) is 0 Å². The quantitative estimate of drug-likeness (QED) is 0.751. The van der Waals surface area contributed by atoms with E-state index in [1.54, 1.807) is 14.2 Å². The van der Waals surface area contributed by atoms with Gasteiger partial charge in [-0.25, -0.2) is 0 Å². The van der Waals surface area contributed by atoms with Crippen molar-refractivity contribution in [3.8, 4) is 11.5 Å². The van der Waals surface area contributed by atoms with E-state index in [2.05, 4.69) is 31.3 Å². The fraction of sp³-hybridized carbons (Fsp3) is 0.600. The van der Waals surface area contributed by atoms with E-state index in [1.807, 2.05) is 17.8 Å². The maximum Gasteiger partial charge on any atom is 0.122 e. The van der Waals surface area contributed by atoms with E-state index in [0.717, 1.165) is 36.0 Å². The Kier molecular flexibility index (Phi) is 7.75. The lowest BCUT2D eigenvalue weighted by atomic mass is 10.1. The molecule has 0 heterocycles. The molecule has 1 aromatic rings. The Balaban J connectivity index is 2.91. The molecule has 108 valence electrons. The van der Waals surface area contributed by atoms with E-state index in [-0.39, 0.29) is 0 Å². The minimum atomic E-state index is 0.342. The van der Waals surface area contributed by atoms with Crippen LogP contribution >= 0.6 is 11.8 Å². The average Bonchev–Trinajstić information content (AvgIpc) is 2.46. The summed E-state index contributed by atoms with van der Waals surface area (Å²) < 4.78 is 10.7. The summed E-state index contributed by atoms with van der Waals surface area (Å²) in [5, 5.41) is 3.59. The normalized spacial score (nSPS) is 12.2. The van der Waals surface area contributed by atoms with Crippen molar-refractivity contribution >= 4 is 11.8 Å². The molecule has 1 aromatic carbocycles. The lowest BCUT2D eigenvalue weighted by Crippen LogP contribution is -2.24. The summed E-state index contributed by atoms with van der Waals surface area (Å²) in [6.45, 7) is 5.39. The smallest absolute Gasteiger partial charge is 0.122 e. The molecule has 0 saturated heterocycles. The minimum Gasteiger partial charge on any atom is -0.497 e. The molecule has 0 aliphatic heterocycles. The predicted octanol–water partition coefficient (Wildman–Crippen LogP) is 3.50. The van der Waals surface area contributed by atoms with Gasteiger partial charge in [-0.05, 0) is 36.4 Å². The number of nitrogens with one attached hydrogen (secondary N) is 1. The summed E-state index contributed by atoms with van der Waals surface area (Å²) in [5.74, 6) is 3.89. The number of hydrogen-bond acceptors (Lipinski definition) is 4. The zero-order valence-corrected chi connectivity index (χ0v) is 13.2. The van der Waals surface area contributed by atoms with Crippen molar-refractivity contribution in [3.05, 3.63) is 23.8 Å². The Morgan fingerprint density at radius 1 is 1.11 bits per heavy atom. The summed E-state index contributed by atoms with van der Waals surface area (Å²) in [7, 11) is 3.38. The summed E-state index contributed by atoms with van der Waals surface area (Å²) >= 11 is 1.94. The van der Waals surface area contributed by atoms with Gasteiger partial charge in [-0.3, -0.25) is 0 Å². The molecule has 1 unspecified atom stereocenters. The Labute approximate surface area is 121 Å². The molecule has 0 radical (unpaired) electrons. The van der Waals surface area contributed by atoms with Gasteiger partial charge in [0.15, 0.2) is 0 Å². The van der Waals surface area contributed by atoms with Crippen molar-refractivity contribution in [1.29, 1.82) is 0 Å². The Morgan fingerprint density at radius 2 is 1.74 bits per heavy atom. The fourth-order valence-electron chi connectivity index (χ4n) is 1.86. The van der Waals surface area contributed by atoms with Gasteiger partial charge in [-0.1, -0.05) is 13.8 Å². The van der Waals surface area contributed by atoms with Crippen molar-refractivity contribution in [2.24, 2.45) is 0 Å². The maximum atomic E-state index is 5.34. The van der Waals surface area contributed by atoms with E-state index in [4.69, 9.17) is 9.47 Å². The second kappa shape index (κ2) is 9.10. The first-order valence-corrected chi connectivity index (χ1v) is 7.94. The van der Waals surface area contributed by atoms with Crippen LogP contribution in [0, 0.1) is 0 Å². The standard InChI is InChI=1S/C15H25NO2S/c1-5-7-16-15(11-19-6-2)12-8-13(17-3)10-14(9-12)18-4/h8-10,15-16H,5-7,11H2,1-4H3. The van der Waals surface area contributed by atoms with Gasteiger partial charge in [0.05, 0.1) is 14.2 Å². The van der Waals surface area contributed by atoms with Crippen LogP contribution in [0.1, 0.15) is 31.9 Å². The summed E-state index contributed by atoms with van der Waals surface area (Å²) in [6, 6.07) is 6.43. The first-order valence-electron chi connectivity index (χ1n) is 6.79. The van der Waals surface area contributed by atoms with Gasteiger partial charge in [-0.2, -0.15) is 11.8 Å². The molecule has 1 atom stereocenters. The van der Waals surface area contributed by atoms with Crippen LogP contribution in [-0.4, -0.2) is 32.3 Å². The summed E-state index contributed by atoms with van der Waals surface area (Å²) in [4.78, 5) is 0. The predicted molar refractivity (Wildman–Crippen MR) is 83.6 cm³/mol. The number of rotatable bonds is 9. The Bertz CT molecular complexity index is 341. The molecule has 0 aliphatic carbocycles. The van der Waals surface area contributed by atoms with Crippen LogP contribution in [0.3, 0.4) is 0 Å². The highest BCUT2D eigenvalue weighted by atomic mass is 32.2. The topological polar surface area (TPSA) is 30.5 Å². The van der Waals surface area contributed by atoms with Crippen molar-refractivity contribution in [2.75, 3.05) is 32.3 Å². The van der Waals surface area contributed by atoms with Gasteiger partial charge >= 0.3 is 0 Å². The third-order valence-corrected chi connectivity index (χ3v) is 3.88. The first-order chi connectivity index (χ1) is 9.24. The van der Waals surface area contributed by atoms with Crippen LogP contribution in [0.5, 0.6) is 11.5 Å². The third kappa shape index (κ3) is 5.33. The molecule has 0 fully saturated rings. The highest BCUT2D eigenvalue weighted by Crippen LogP contribution is 2.28. The maximum absolute atomic E-state index is 5.34. The number of ether oxygens (including phenoxy) is 2. The van der Waals surface area contributed by atoms with Crippen molar-refractivity contribution < 1.29 is 9.47 Å². The zero-order valence-electron chi connectivity index (χ0n) is 12.4. The summed E-state index contributed by atoms with van der Waals surface area (Å²) in [6.07, 6.45) is 1.13. The zero-order chi connectivity index (χ0) is 14.1. The monoisotopic (exact) mass is 283 g/mol. The number of thioether (sulfide) groups is 1. The second-order valence-corrected chi connectivity index (χ2v) is 5.63. The molecule has 0 spiro atoms. The summed E-state index contributed by atoms with van der Waals surface area (Å²) in [5.41, 5.74) is 1.23. The molecule has 4 heteroatoms. The van der Waals surface area contributed by atoms with Gasteiger partial charge in [-0.15, -0.1) is 0 Å². The Morgan fingerprint density at radius 3 is 2.21 bits per heavy atom. The lowest BCUT2D eigenvalue weighted by molar-refractivity contribution is 0.392. The van der Waals surface area contributed by atoms with Crippen LogP contribution < -0.4 is 14.8 Å². The molecular weight excluding hydrogens is 258 g/mol. The van der Waals surface area contributed by atoms with Crippen molar-refractivity contribution in [1.82, 2.24) is 5.32 Å². The van der Waals surface area contributed by atoms with Gasteiger partial charge in [0.2, 0.25) is 0 Å². The van der Waals surface area contributed by atoms with E-state index >= 15 is 0 Å². The van der Waals surface area contributed by atoms with Crippen LogP contribution in [0.15, 0.2) is 18.2 Å². The number of hydrogen-bond donors (Lipinski definition) is 1. The molecule has 1 rings (SSSR count). The van der Waals surface area contributed by atoms with Crippen LogP contribution in [-0.2, 0) is 0 Å². The minimum absolute atomic E-state index is 0.342. The third-order valence-electron chi connectivity index (χ3n) is 2.91. The lowest BCUT2D eigenvalue weighted by Gasteiger charge is -2.20. The van der Waals surface area contributed by atoms with Crippen LogP contribution in [0.2, 0.25) is 0 Å². The molecule has 19 heavy (non-hydrogen) atoms. The van der Waals surface area contributed by atoms with Crippen LogP contribution in [0.4, 0.5) is 0 Å². The largest absolute Gasteiger partial charge is 0.497 e. The van der Waals surface area contributed by atoms with Crippen LogP contribution in [0.25, 0.3) is 0 Å². The van der Waals surface area contributed by atoms with Gasteiger partial charge in [0, 0.05) is 17.9 Å². The van der Waals surface area contributed by atoms with Gasteiger partial charge < -0.3 is 14.8 Å². The SMILES string of the molecule is CCCNC(CSCC)c1cc(OC)cc(OC)c1. The number of methoxy groups -OCH3 is 2. The van der Waals surface area contributed by atoms with Crippen molar-refractivity contribution in [3.63, 3.8) is 0 Å². The van der Waals surface area contributed by atoms with Gasteiger partial charge in [0.1, 0.15) is 11.5 Å². The Hall–Kier alpha value is -0.870. The molecule has 0 amide bonds. The van der Waals surface area contributed by atoms with Crippen molar-refractivity contribution in [2.45, 2.75) is 26.3 Å². The highest BCUT2D eigenvalue weighted by molar-refractivity contribution is 7.99. The molecule has 3 nitrogen and oxygen atoms in total. The molecule has 0 bridgehead atoms. The highest BCUT2D eigenvalue weighted by Gasteiger charge is 2.13.